The van der Waals surface area contributed by atoms with Crippen molar-refractivity contribution in [2.24, 2.45) is 5.92 Å². The van der Waals surface area contributed by atoms with Crippen molar-refractivity contribution in [3.8, 4) is 0 Å². The van der Waals surface area contributed by atoms with Crippen LogP contribution in [0.25, 0.3) is 0 Å². The Hall–Kier alpha value is -0.280. The van der Waals surface area contributed by atoms with Gasteiger partial charge in [-0.15, -0.1) is 22.9 Å². The first kappa shape index (κ1) is 11.2. The molecule has 1 aliphatic carbocycles. The van der Waals surface area contributed by atoms with Gasteiger partial charge < -0.3 is 4.90 Å². The van der Waals surface area contributed by atoms with E-state index in [1.165, 1.54) is 4.88 Å². The van der Waals surface area contributed by atoms with Gasteiger partial charge in [0.2, 0.25) is 0 Å². The lowest BCUT2D eigenvalue weighted by atomic mass is 9.84. The smallest absolute Gasteiger partial charge is 0.185 e. The van der Waals surface area contributed by atoms with Gasteiger partial charge in [-0.2, -0.15) is 0 Å². The molecule has 0 N–H and O–H groups in total. The van der Waals surface area contributed by atoms with E-state index in [-0.39, 0.29) is 0 Å². The Labute approximate surface area is 100 Å². The highest BCUT2D eigenvalue weighted by atomic mass is 35.5. The minimum absolute atomic E-state index is 0.420. The van der Waals surface area contributed by atoms with Crippen LogP contribution in [0.15, 0.2) is 0 Å². The Morgan fingerprint density at radius 2 is 2.13 bits per heavy atom. The lowest BCUT2D eigenvalue weighted by Gasteiger charge is -2.33. The second kappa shape index (κ2) is 4.30. The minimum Gasteiger partial charge on any atom is -0.351 e. The molecule has 0 aromatic carbocycles. The third kappa shape index (κ3) is 2.45. The molecule has 0 saturated heterocycles. The predicted octanol–water partition coefficient (Wildman–Crippen LogP) is 3.21. The Kier molecular flexibility index (Phi) is 3.21. The predicted molar refractivity (Wildman–Crippen MR) is 67.2 cm³/mol. The van der Waals surface area contributed by atoms with Crippen molar-refractivity contribution in [1.29, 1.82) is 0 Å². The van der Waals surface area contributed by atoms with Gasteiger partial charge in [0.05, 0.1) is 5.69 Å². The van der Waals surface area contributed by atoms with Gasteiger partial charge in [0.1, 0.15) is 0 Å². The molecule has 1 aromatic heterocycles. The van der Waals surface area contributed by atoms with Gasteiger partial charge >= 0.3 is 0 Å². The Morgan fingerprint density at radius 1 is 1.47 bits per heavy atom. The molecule has 2 nitrogen and oxygen atoms in total. The number of aryl methyl sites for hydroxylation is 2. The van der Waals surface area contributed by atoms with E-state index in [0.717, 1.165) is 36.1 Å². The molecule has 1 aliphatic rings. The number of rotatable bonds is 3. The first-order valence-corrected chi connectivity index (χ1v) is 6.60. The van der Waals surface area contributed by atoms with E-state index < -0.39 is 0 Å². The molecule has 2 rings (SSSR count). The van der Waals surface area contributed by atoms with Crippen LogP contribution in [0.3, 0.4) is 0 Å². The molecule has 4 heteroatoms. The Morgan fingerprint density at radius 3 is 2.60 bits per heavy atom. The summed E-state index contributed by atoms with van der Waals surface area (Å²) in [5, 5.41) is 1.56. The monoisotopic (exact) mass is 244 g/mol. The molecule has 1 aromatic rings. The molecule has 84 valence electrons. The van der Waals surface area contributed by atoms with Crippen LogP contribution in [0.2, 0.25) is 0 Å². The normalized spacial score (nSPS) is 25.1. The van der Waals surface area contributed by atoms with Gasteiger partial charge in [0, 0.05) is 23.8 Å². The first-order chi connectivity index (χ1) is 7.06. The van der Waals surface area contributed by atoms with E-state index in [2.05, 4.69) is 30.8 Å². The fourth-order valence-corrected chi connectivity index (χ4v) is 3.27. The van der Waals surface area contributed by atoms with Gasteiger partial charge in [0.25, 0.3) is 0 Å². The Balaban J connectivity index is 1.93. The molecule has 15 heavy (non-hydrogen) atoms. The van der Waals surface area contributed by atoms with Crippen LogP contribution >= 0.6 is 22.9 Å². The zero-order valence-corrected chi connectivity index (χ0v) is 11.0. The van der Waals surface area contributed by atoms with E-state index in [1.807, 2.05) is 0 Å². The largest absolute Gasteiger partial charge is 0.351 e. The number of nitrogens with zero attached hydrogens (tertiary/aromatic N) is 2. The summed E-state index contributed by atoms with van der Waals surface area (Å²) in [5.41, 5.74) is 1.16. The maximum absolute atomic E-state index is 5.97. The third-order valence-electron chi connectivity index (χ3n) is 3.05. The van der Waals surface area contributed by atoms with Crippen molar-refractivity contribution in [3.63, 3.8) is 0 Å². The molecule has 1 saturated carbocycles. The number of anilines is 1. The molecule has 0 atom stereocenters. The number of aromatic nitrogens is 1. The molecule has 0 spiro atoms. The van der Waals surface area contributed by atoms with Gasteiger partial charge in [-0.05, 0) is 32.6 Å². The number of thiazole rings is 1. The van der Waals surface area contributed by atoms with Crippen LogP contribution < -0.4 is 4.90 Å². The van der Waals surface area contributed by atoms with Crippen LogP contribution in [0, 0.1) is 19.8 Å². The summed E-state index contributed by atoms with van der Waals surface area (Å²) in [6.07, 6.45) is 2.32. The average Bonchev–Trinajstić information content (AvgIpc) is 2.44. The number of hydrogen-bond donors (Lipinski definition) is 0. The quantitative estimate of drug-likeness (QED) is 0.759. The number of alkyl halides is 1. The zero-order valence-electron chi connectivity index (χ0n) is 9.46. The molecule has 0 radical (unpaired) electrons. The van der Waals surface area contributed by atoms with Crippen LogP contribution in [-0.2, 0) is 0 Å². The lowest BCUT2D eigenvalue weighted by molar-refractivity contribution is 0.329. The van der Waals surface area contributed by atoms with E-state index in [1.54, 1.807) is 11.3 Å². The maximum atomic E-state index is 5.97. The summed E-state index contributed by atoms with van der Waals surface area (Å²) in [4.78, 5) is 8.13. The van der Waals surface area contributed by atoms with Crippen LogP contribution in [-0.4, -0.2) is 24.0 Å². The van der Waals surface area contributed by atoms with Crippen molar-refractivity contribution < 1.29 is 0 Å². The van der Waals surface area contributed by atoms with Gasteiger partial charge in [-0.3, -0.25) is 0 Å². The highest BCUT2D eigenvalue weighted by Crippen LogP contribution is 2.34. The lowest BCUT2D eigenvalue weighted by Crippen LogP contribution is -2.34. The van der Waals surface area contributed by atoms with Crippen molar-refractivity contribution in [2.45, 2.75) is 32.1 Å². The topological polar surface area (TPSA) is 16.1 Å². The summed E-state index contributed by atoms with van der Waals surface area (Å²) in [7, 11) is 2.12. The van der Waals surface area contributed by atoms with Crippen molar-refractivity contribution in [1.82, 2.24) is 4.98 Å². The van der Waals surface area contributed by atoms with Crippen molar-refractivity contribution in [2.75, 3.05) is 18.5 Å². The van der Waals surface area contributed by atoms with Crippen LogP contribution in [0.5, 0.6) is 0 Å². The maximum Gasteiger partial charge on any atom is 0.185 e. The summed E-state index contributed by atoms with van der Waals surface area (Å²) in [5.74, 6) is 0.766. The summed E-state index contributed by atoms with van der Waals surface area (Å²) < 4.78 is 0. The minimum atomic E-state index is 0.420. The molecule has 0 amide bonds. The molecule has 1 heterocycles. The molecule has 1 fully saturated rings. The molecule has 0 aliphatic heterocycles. The van der Waals surface area contributed by atoms with E-state index in [4.69, 9.17) is 11.6 Å². The molecule has 0 bridgehead atoms. The second-order valence-electron chi connectivity index (χ2n) is 4.45. The molecular weight excluding hydrogens is 228 g/mol. The van der Waals surface area contributed by atoms with E-state index >= 15 is 0 Å². The molecule has 0 unspecified atom stereocenters. The van der Waals surface area contributed by atoms with E-state index in [9.17, 15) is 0 Å². The number of halogens is 1. The fraction of sp³-hybridized carbons (Fsp3) is 0.727. The van der Waals surface area contributed by atoms with Crippen LogP contribution in [0.4, 0.5) is 5.13 Å². The van der Waals surface area contributed by atoms with Gasteiger partial charge in [-0.1, -0.05) is 0 Å². The second-order valence-corrected chi connectivity index (χ2v) is 6.25. The molecular formula is C11H17ClN2S. The van der Waals surface area contributed by atoms with Gasteiger partial charge in [-0.25, -0.2) is 4.98 Å². The van der Waals surface area contributed by atoms with E-state index in [0.29, 0.717) is 5.38 Å². The van der Waals surface area contributed by atoms with Crippen molar-refractivity contribution >= 4 is 28.1 Å². The highest BCUT2D eigenvalue weighted by Gasteiger charge is 2.28. The zero-order chi connectivity index (χ0) is 11.0. The number of hydrogen-bond acceptors (Lipinski definition) is 3. The van der Waals surface area contributed by atoms with Crippen LogP contribution in [0.1, 0.15) is 23.4 Å². The summed E-state index contributed by atoms with van der Waals surface area (Å²) in [6.45, 7) is 5.29. The van der Waals surface area contributed by atoms with Gasteiger partial charge in [0.15, 0.2) is 5.13 Å². The average molecular weight is 245 g/mol. The summed E-state index contributed by atoms with van der Waals surface area (Å²) >= 11 is 7.75. The third-order valence-corrected chi connectivity index (χ3v) is 4.60. The SMILES string of the molecule is Cc1nc(N(C)CC2CC(Cl)C2)sc1C. The first-order valence-electron chi connectivity index (χ1n) is 5.35. The van der Waals surface area contributed by atoms with Crippen molar-refractivity contribution in [3.05, 3.63) is 10.6 Å². The fourth-order valence-electron chi connectivity index (χ4n) is 1.89. The Bertz CT molecular complexity index is 325. The summed E-state index contributed by atoms with van der Waals surface area (Å²) in [6, 6.07) is 0. The highest BCUT2D eigenvalue weighted by molar-refractivity contribution is 7.15. The standard InChI is InChI=1S/C11H17ClN2S/c1-7-8(2)15-11(13-7)14(3)6-9-4-10(12)5-9/h9-10H,4-6H2,1-3H3.